The number of aromatic nitrogens is 2. The van der Waals surface area contributed by atoms with Crippen LogP contribution in [0.3, 0.4) is 0 Å². The van der Waals surface area contributed by atoms with Crippen LogP contribution in [0.2, 0.25) is 0 Å². The van der Waals surface area contributed by atoms with E-state index in [0.29, 0.717) is 5.56 Å². The molecule has 0 saturated heterocycles. The minimum absolute atomic E-state index is 0.523. The van der Waals surface area contributed by atoms with E-state index in [0.717, 1.165) is 11.3 Å². The van der Waals surface area contributed by atoms with Gasteiger partial charge in [0.15, 0.2) is 0 Å². The van der Waals surface area contributed by atoms with Crippen molar-refractivity contribution in [2.75, 3.05) is 0 Å². The fraction of sp³-hybridized carbons (Fsp3) is 0. The summed E-state index contributed by atoms with van der Waals surface area (Å²) in [4.78, 5) is 10.6. The van der Waals surface area contributed by atoms with E-state index in [2.05, 4.69) is 9.59 Å². The Kier molecular flexibility index (Phi) is 2.14. The van der Waals surface area contributed by atoms with Gasteiger partial charge in [-0.2, -0.15) is 0 Å². The van der Waals surface area contributed by atoms with Crippen molar-refractivity contribution in [2.24, 2.45) is 0 Å². The highest BCUT2D eigenvalue weighted by molar-refractivity contribution is 7.03. The van der Waals surface area contributed by atoms with Crippen LogP contribution < -0.4 is 0 Å². The fourth-order valence-corrected chi connectivity index (χ4v) is 1.53. The van der Waals surface area contributed by atoms with E-state index in [1.807, 2.05) is 18.4 Å². The van der Waals surface area contributed by atoms with Gasteiger partial charge in [-0.1, -0.05) is 28.8 Å². The molecule has 13 heavy (non-hydrogen) atoms. The summed E-state index contributed by atoms with van der Waals surface area (Å²) in [6.45, 7) is 0. The molecule has 0 aliphatic rings. The molecular weight excluding hydrogens is 184 g/mol. The summed E-state index contributed by atoms with van der Waals surface area (Å²) in [6.07, 6.45) is 1.87. The van der Waals surface area contributed by atoms with Gasteiger partial charge in [0.25, 0.3) is 0 Å². The van der Waals surface area contributed by atoms with Crippen molar-refractivity contribution in [3.63, 3.8) is 0 Å². The van der Waals surface area contributed by atoms with Crippen LogP contribution in [-0.4, -0.2) is 15.9 Å². The third-order valence-corrected chi connectivity index (χ3v) is 2.18. The van der Waals surface area contributed by atoms with Gasteiger partial charge in [-0.05, 0) is 11.5 Å². The zero-order valence-corrected chi connectivity index (χ0v) is 7.41. The molecule has 0 atom stereocenters. The van der Waals surface area contributed by atoms with Crippen LogP contribution in [0, 0.1) is 0 Å². The predicted octanol–water partition coefficient (Wildman–Crippen LogP) is 1.66. The molecule has 1 aromatic carbocycles. The Bertz CT molecular complexity index is 411. The minimum atomic E-state index is 0.523. The molecule has 2 aromatic rings. The van der Waals surface area contributed by atoms with Gasteiger partial charge in [0, 0.05) is 16.5 Å². The summed E-state index contributed by atoms with van der Waals surface area (Å²) in [6, 6.07) is 7.19. The summed E-state index contributed by atoms with van der Waals surface area (Å²) in [7, 11) is 0. The van der Waals surface area contributed by atoms with Crippen LogP contribution in [-0.2, 0) is 4.79 Å². The molecule has 1 radical (unpaired) electrons. The third kappa shape index (κ3) is 1.48. The van der Waals surface area contributed by atoms with Crippen molar-refractivity contribution in [2.45, 2.75) is 0 Å². The summed E-state index contributed by atoms with van der Waals surface area (Å²) < 4.78 is 3.74. The lowest BCUT2D eigenvalue weighted by Gasteiger charge is -1.97. The summed E-state index contributed by atoms with van der Waals surface area (Å²) in [5.74, 6) is 0. The van der Waals surface area contributed by atoms with Crippen LogP contribution in [0.1, 0.15) is 5.56 Å². The van der Waals surface area contributed by atoms with E-state index in [1.54, 1.807) is 17.5 Å². The summed E-state index contributed by atoms with van der Waals surface area (Å²) in [5, 5.41) is 5.69. The highest BCUT2D eigenvalue weighted by Gasteiger charge is 2.05. The minimum Gasteiger partial charge on any atom is -0.285 e. The van der Waals surface area contributed by atoms with Crippen molar-refractivity contribution in [1.82, 2.24) is 9.59 Å². The predicted molar refractivity (Wildman–Crippen MR) is 50.1 cm³/mol. The Balaban J connectivity index is 2.57. The molecule has 4 heteroatoms. The number of rotatable bonds is 2. The highest BCUT2D eigenvalue weighted by atomic mass is 32.1. The Labute approximate surface area is 79.2 Å². The Morgan fingerprint density at radius 3 is 2.85 bits per heavy atom. The first-order valence-corrected chi connectivity index (χ1v) is 4.50. The number of nitrogens with zero attached hydrogens (tertiary/aromatic N) is 2. The van der Waals surface area contributed by atoms with Crippen LogP contribution in [0.5, 0.6) is 0 Å². The SMILES string of the molecule is O=[C]c1ccccc1-c1csnn1. The van der Waals surface area contributed by atoms with Crippen LogP contribution >= 0.6 is 11.5 Å². The average Bonchev–Trinajstić information content (AvgIpc) is 2.70. The number of hydrogen-bond acceptors (Lipinski definition) is 4. The highest BCUT2D eigenvalue weighted by Crippen LogP contribution is 2.20. The molecule has 0 amide bonds. The molecule has 0 aliphatic heterocycles. The quantitative estimate of drug-likeness (QED) is 0.721. The van der Waals surface area contributed by atoms with Gasteiger partial charge in [-0.25, -0.2) is 0 Å². The van der Waals surface area contributed by atoms with Crippen molar-refractivity contribution >= 4 is 17.8 Å². The molecule has 0 fully saturated rings. The fourth-order valence-electron chi connectivity index (χ4n) is 1.08. The number of benzene rings is 1. The second-order valence-corrected chi connectivity index (χ2v) is 3.05. The van der Waals surface area contributed by atoms with Gasteiger partial charge in [-0.3, -0.25) is 4.79 Å². The van der Waals surface area contributed by atoms with Gasteiger partial charge in [-0.15, -0.1) is 5.10 Å². The Morgan fingerprint density at radius 2 is 2.15 bits per heavy atom. The average molecular weight is 189 g/mol. The van der Waals surface area contributed by atoms with E-state index in [-0.39, 0.29) is 0 Å². The zero-order valence-electron chi connectivity index (χ0n) is 6.60. The zero-order chi connectivity index (χ0) is 9.10. The third-order valence-electron chi connectivity index (χ3n) is 1.67. The van der Waals surface area contributed by atoms with Crippen molar-refractivity contribution in [1.29, 1.82) is 0 Å². The van der Waals surface area contributed by atoms with Gasteiger partial charge in [0.05, 0.1) is 0 Å². The largest absolute Gasteiger partial charge is 0.285 e. The summed E-state index contributed by atoms with van der Waals surface area (Å²) in [5.41, 5.74) is 2.03. The molecule has 0 N–H and O–H groups in total. The molecule has 63 valence electrons. The van der Waals surface area contributed by atoms with Crippen molar-refractivity contribution < 1.29 is 4.79 Å². The van der Waals surface area contributed by atoms with E-state index in [9.17, 15) is 4.79 Å². The first-order valence-electron chi connectivity index (χ1n) is 3.66. The van der Waals surface area contributed by atoms with Crippen LogP contribution in [0.15, 0.2) is 29.6 Å². The monoisotopic (exact) mass is 189 g/mol. The van der Waals surface area contributed by atoms with Crippen LogP contribution in [0.25, 0.3) is 11.3 Å². The Hall–Kier alpha value is -1.55. The van der Waals surface area contributed by atoms with Crippen LogP contribution in [0.4, 0.5) is 0 Å². The maximum Gasteiger partial charge on any atom is 0.234 e. The molecule has 3 nitrogen and oxygen atoms in total. The van der Waals surface area contributed by atoms with Gasteiger partial charge in [0.1, 0.15) is 5.69 Å². The van der Waals surface area contributed by atoms with Crippen molar-refractivity contribution in [3.05, 3.63) is 35.2 Å². The molecule has 2 rings (SSSR count). The van der Waals surface area contributed by atoms with Gasteiger partial charge < -0.3 is 0 Å². The van der Waals surface area contributed by atoms with Gasteiger partial charge >= 0.3 is 0 Å². The molecule has 0 aliphatic carbocycles. The topological polar surface area (TPSA) is 42.9 Å². The molecule has 0 saturated carbocycles. The second-order valence-electron chi connectivity index (χ2n) is 2.44. The van der Waals surface area contributed by atoms with Crippen molar-refractivity contribution in [3.8, 4) is 11.3 Å². The molecular formula is C9H5N2OS. The maximum atomic E-state index is 10.6. The number of carbonyl (C=O) groups excluding carboxylic acids is 1. The van der Waals surface area contributed by atoms with Gasteiger partial charge in [0.2, 0.25) is 6.29 Å². The lowest BCUT2D eigenvalue weighted by atomic mass is 10.1. The second kappa shape index (κ2) is 3.45. The van der Waals surface area contributed by atoms with E-state index in [4.69, 9.17) is 0 Å². The molecule has 1 aromatic heterocycles. The first-order chi connectivity index (χ1) is 6.42. The van der Waals surface area contributed by atoms with E-state index in [1.165, 1.54) is 11.5 Å². The molecule has 0 spiro atoms. The molecule has 0 unspecified atom stereocenters. The smallest absolute Gasteiger partial charge is 0.234 e. The lowest BCUT2D eigenvalue weighted by molar-refractivity contribution is 0.563. The summed E-state index contributed by atoms with van der Waals surface area (Å²) >= 11 is 1.26. The van der Waals surface area contributed by atoms with E-state index < -0.39 is 0 Å². The lowest BCUT2D eigenvalue weighted by Crippen LogP contribution is -1.86. The molecule has 1 heterocycles. The molecule has 0 bridgehead atoms. The Morgan fingerprint density at radius 1 is 1.31 bits per heavy atom. The maximum absolute atomic E-state index is 10.6. The van der Waals surface area contributed by atoms with E-state index >= 15 is 0 Å². The first kappa shape index (κ1) is 8.07. The number of hydrogen-bond donors (Lipinski definition) is 0. The normalized spacial score (nSPS) is 9.85. The standard InChI is InChI=1S/C9H5N2OS/c12-5-7-3-1-2-4-8(7)9-6-13-11-10-9/h1-4,6H.